The molecule has 1 N–H and O–H groups in total. The number of aliphatic hydroxyl groups is 1. The molecule has 0 aromatic carbocycles. The number of rotatable bonds is 2. The Kier molecular flexibility index (Phi) is 5.03. The van der Waals surface area contributed by atoms with Crippen LogP contribution in [0.4, 0.5) is 0 Å². The monoisotopic (exact) mass is 470 g/mol. The minimum atomic E-state index is -1.76. The first-order chi connectivity index (χ1) is 15.7. The van der Waals surface area contributed by atoms with Crippen LogP contribution in [-0.2, 0) is 23.8 Å². The summed E-state index contributed by atoms with van der Waals surface area (Å²) < 4.78 is 18.4. The SMILES string of the molecule is C/C=C(/C)C(=O)O[C@H]1C(C)=CC23C(=O)C(C=C4COC(C)(C)O[C@H]4[C@]12O)C1C(C[C@H]3C)C1(C)C. The predicted octanol–water partition coefficient (Wildman–Crippen LogP) is 4.13. The standard InChI is InChI=1S/C28H38O6/c1-9-14(2)24(30)33-22-15(3)12-27-16(4)10-19-20(25(19,5)6)18(21(27)29)11-17-13-32-26(7,8)34-23(17)28(22,27)31/h9,11-12,16,18-20,22-23,31H,10,13H2,1-8H3/b14-9-/t16-,18?,19?,20?,22+,23-,27?,28-/m1/s1. The minimum absolute atomic E-state index is 0.0181. The van der Waals surface area contributed by atoms with Gasteiger partial charge in [-0.1, -0.05) is 39.0 Å². The maximum atomic E-state index is 14.6. The van der Waals surface area contributed by atoms with Gasteiger partial charge in [0.25, 0.3) is 0 Å². The van der Waals surface area contributed by atoms with Crippen LogP contribution in [-0.4, -0.2) is 47.1 Å². The Labute approximate surface area is 202 Å². The van der Waals surface area contributed by atoms with Crippen LogP contribution in [0.2, 0.25) is 0 Å². The van der Waals surface area contributed by atoms with Gasteiger partial charge >= 0.3 is 5.97 Å². The van der Waals surface area contributed by atoms with E-state index in [2.05, 4.69) is 20.8 Å². The number of fused-ring (bicyclic) bond motifs is 5. The summed E-state index contributed by atoms with van der Waals surface area (Å²) in [6, 6.07) is 0. The average Bonchev–Trinajstić information content (AvgIpc) is 3.25. The molecule has 1 spiro atoms. The van der Waals surface area contributed by atoms with Gasteiger partial charge in [0.15, 0.2) is 23.3 Å². The van der Waals surface area contributed by atoms with E-state index in [1.165, 1.54) is 0 Å². The molecule has 6 heteroatoms. The first kappa shape index (κ1) is 24.0. The van der Waals surface area contributed by atoms with Crippen molar-refractivity contribution < 1.29 is 28.9 Å². The lowest BCUT2D eigenvalue weighted by atomic mass is 9.59. The fourth-order valence-electron chi connectivity index (χ4n) is 7.62. The highest BCUT2D eigenvalue weighted by Gasteiger charge is 2.77. The van der Waals surface area contributed by atoms with Gasteiger partial charge in [-0.15, -0.1) is 0 Å². The van der Waals surface area contributed by atoms with Gasteiger partial charge in [-0.05, 0) is 75.4 Å². The lowest BCUT2D eigenvalue weighted by Crippen LogP contribution is -2.68. The van der Waals surface area contributed by atoms with Crippen LogP contribution in [0.3, 0.4) is 0 Å². The summed E-state index contributed by atoms with van der Waals surface area (Å²) in [5.74, 6) is -1.30. The first-order valence-corrected chi connectivity index (χ1v) is 12.5. The Morgan fingerprint density at radius 2 is 1.94 bits per heavy atom. The van der Waals surface area contributed by atoms with E-state index in [1.54, 1.807) is 19.9 Å². The van der Waals surface area contributed by atoms with Crippen molar-refractivity contribution in [2.45, 2.75) is 85.4 Å². The van der Waals surface area contributed by atoms with E-state index in [4.69, 9.17) is 14.2 Å². The van der Waals surface area contributed by atoms with Crippen molar-refractivity contribution in [2.24, 2.45) is 34.5 Å². The van der Waals surface area contributed by atoms with Crippen LogP contribution in [0.15, 0.2) is 34.9 Å². The van der Waals surface area contributed by atoms with E-state index in [0.29, 0.717) is 17.1 Å². The second-order valence-electron chi connectivity index (χ2n) is 12.2. The Bertz CT molecular complexity index is 1050. The normalized spacial score (nSPS) is 46.1. The largest absolute Gasteiger partial charge is 0.451 e. The molecule has 6 nitrogen and oxygen atoms in total. The molecule has 4 unspecified atom stereocenters. The molecule has 3 fully saturated rings. The number of carbonyl (C=O) groups is 2. The Morgan fingerprint density at radius 3 is 2.59 bits per heavy atom. The molecular formula is C28H38O6. The third kappa shape index (κ3) is 2.85. The van der Waals surface area contributed by atoms with Crippen molar-refractivity contribution in [3.63, 3.8) is 0 Å². The molecule has 34 heavy (non-hydrogen) atoms. The van der Waals surface area contributed by atoms with Crippen molar-refractivity contribution in [3.05, 3.63) is 34.9 Å². The molecule has 8 atom stereocenters. The zero-order valence-corrected chi connectivity index (χ0v) is 21.6. The Morgan fingerprint density at radius 1 is 1.26 bits per heavy atom. The van der Waals surface area contributed by atoms with Crippen LogP contribution in [0, 0.1) is 34.5 Å². The topological polar surface area (TPSA) is 82.1 Å². The van der Waals surface area contributed by atoms with Gasteiger partial charge in [-0.3, -0.25) is 4.79 Å². The molecule has 0 amide bonds. The van der Waals surface area contributed by atoms with Crippen molar-refractivity contribution in [2.75, 3.05) is 6.61 Å². The van der Waals surface area contributed by atoms with Gasteiger partial charge in [0, 0.05) is 11.5 Å². The summed E-state index contributed by atoms with van der Waals surface area (Å²) in [6.45, 7) is 15.8. The molecule has 186 valence electrons. The number of ether oxygens (including phenoxy) is 3. The summed E-state index contributed by atoms with van der Waals surface area (Å²) in [5, 5.41) is 12.9. The van der Waals surface area contributed by atoms with E-state index in [9.17, 15) is 14.7 Å². The molecule has 0 aromatic heterocycles. The van der Waals surface area contributed by atoms with Gasteiger partial charge in [-0.25, -0.2) is 4.79 Å². The number of esters is 1. The van der Waals surface area contributed by atoms with Gasteiger partial charge < -0.3 is 19.3 Å². The maximum Gasteiger partial charge on any atom is 0.334 e. The minimum Gasteiger partial charge on any atom is -0.451 e. The molecule has 2 bridgehead atoms. The molecule has 5 aliphatic rings. The Hall–Kier alpha value is -1.76. The van der Waals surface area contributed by atoms with Crippen molar-refractivity contribution in [3.8, 4) is 0 Å². The molecule has 1 heterocycles. The second kappa shape index (κ2) is 7.14. The number of Topliss-reactive ketones (excluding diaryl/α,β-unsaturated/α-hetero) is 1. The highest BCUT2D eigenvalue weighted by molar-refractivity contribution is 5.96. The highest BCUT2D eigenvalue weighted by atomic mass is 16.7. The van der Waals surface area contributed by atoms with Crippen molar-refractivity contribution in [1.82, 2.24) is 0 Å². The first-order valence-electron chi connectivity index (χ1n) is 12.5. The molecule has 1 aliphatic heterocycles. The number of hydrogen-bond acceptors (Lipinski definition) is 6. The second-order valence-corrected chi connectivity index (χ2v) is 12.2. The molecule has 1 saturated heterocycles. The van der Waals surface area contributed by atoms with Crippen LogP contribution in [0.1, 0.15) is 61.8 Å². The van der Waals surface area contributed by atoms with Crippen LogP contribution in [0.5, 0.6) is 0 Å². The summed E-state index contributed by atoms with van der Waals surface area (Å²) >= 11 is 0. The average molecular weight is 471 g/mol. The number of hydrogen-bond donors (Lipinski definition) is 1. The zero-order chi connectivity index (χ0) is 25.0. The quantitative estimate of drug-likeness (QED) is 0.371. The van der Waals surface area contributed by atoms with Gasteiger partial charge in [0.1, 0.15) is 6.10 Å². The number of allylic oxidation sites excluding steroid dienone is 2. The summed E-state index contributed by atoms with van der Waals surface area (Å²) in [4.78, 5) is 27.5. The van der Waals surface area contributed by atoms with Gasteiger partial charge in [-0.2, -0.15) is 0 Å². The van der Waals surface area contributed by atoms with Crippen LogP contribution in [0.25, 0.3) is 0 Å². The van der Waals surface area contributed by atoms with E-state index in [0.717, 1.165) is 12.0 Å². The lowest BCUT2D eigenvalue weighted by molar-refractivity contribution is -0.303. The third-order valence-electron chi connectivity index (χ3n) is 9.65. The molecule has 5 rings (SSSR count). The number of carbonyl (C=O) groups excluding carboxylic acids is 2. The van der Waals surface area contributed by atoms with Crippen molar-refractivity contribution >= 4 is 11.8 Å². The smallest absolute Gasteiger partial charge is 0.334 e. The summed E-state index contributed by atoms with van der Waals surface area (Å²) in [5.41, 5.74) is -0.994. The fraction of sp³-hybridized carbons (Fsp3) is 0.714. The molecule has 4 aliphatic carbocycles. The van der Waals surface area contributed by atoms with Crippen LogP contribution >= 0.6 is 0 Å². The summed E-state index contributed by atoms with van der Waals surface area (Å²) in [7, 11) is 0. The van der Waals surface area contributed by atoms with Crippen LogP contribution < -0.4 is 0 Å². The maximum absolute atomic E-state index is 14.6. The highest BCUT2D eigenvalue weighted by Crippen LogP contribution is 2.72. The molecule has 2 saturated carbocycles. The van der Waals surface area contributed by atoms with Gasteiger partial charge in [0.05, 0.1) is 12.0 Å². The van der Waals surface area contributed by atoms with E-state index in [-0.39, 0.29) is 35.6 Å². The molecule has 0 aromatic rings. The number of ketones is 1. The summed E-state index contributed by atoms with van der Waals surface area (Å²) in [6.07, 6.45) is 4.62. The van der Waals surface area contributed by atoms with Crippen molar-refractivity contribution in [1.29, 1.82) is 0 Å². The van der Waals surface area contributed by atoms with Gasteiger partial charge in [0.2, 0.25) is 0 Å². The fourth-order valence-corrected chi connectivity index (χ4v) is 7.62. The van der Waals surface area contributed by atoms with E-state index in [1.807, 2.05) is 32.9 Å². The predicted molar refractivity (Wildman–Crippen MR) is 126 cm³/mol. The van der Waals surface area contributed by atoms with E-state index >= 15 is 0 Å². The third-order valence-corrected chi connectivity index (χ3v) is 9.65. The lowest BCUT2D eigenvalue weighted by Gasteiger charge is -2.52. The van der Waals surface area contributed by atoms with E-state index < -0.39 is 35.0 Å². The molecule has 0 radical (unpaired) electrons. The zero-order valence-electron chi connectivity index (χ0n) is 21.6. The Balaban J connectivity index is 1.72. The molecular weight excluding hydrogens is 432 g/mol.